The molecule has 104 valence electrons. The zero-order valence-corrected chi connectivity index (χ0v) is 12.8. The molecule has 1 atom stereocenters. The zero-order valence-electron chi connectivity index (χ0n) is 11.2. The summed E-state index contributed by atoms with van der Waals surface area (Å²) in [5.41, 5.74) is 6.52. The normalized spacial score (nSPS) is 24.7. The fourth-order valence-electron chi connectivity index (χ4n) is 2.79. The van der Waals surface area contributed by atoms with Crippen LogP contribution in [0, 0.1) is 11.8 Å². The molecule has 1 fully saturated rings. The first-order chi connectivity index (χ1) is 9.08. The van der Waals surface area contributed by atoms with Gasteiger partial charge in [-0.05, 0) is 52.7 Å². The summed E-state index contributed by atoms with van der Waals surface area (Å²) in [5.74, 6) is 0.865. The first-order valence-electron chi connectivity index (χ1n) is 6.88. The van der Waals surface area contributed by atoms with E-state index >= 15 is 0 Å². The van der Waals surface area contributed by atoms with Crippen molar-refractivity contribution >= 4 is 27.5 Å². The monoisotopic (exact) mass is 324 g/mol. The Labute approximate surface area is 123 Å². The molecule has 0 radical (unpaired) electrons. The molecule has 4 heteroatoms. The highest BCUT2D eigenvalue weighted by molar-refractivity contribution is 9.10. The summed E-state index contributed by atoms with van der Waals surface area (Å²) in [7, 11) is 0. The molecule has 0 aromatic heterocycles. The van der Waals surface area contributed by atoms with Crippen LogP contribution in [0.4, 0.5) is 5.69 Å². The minimum Gasteiger partial charge on any atom is -0.373 e. The largest absolute Gasteiger partial charge is 0.373 e. The van der Waals surface area contributed by atoms with E-state index in [4.69, 9.17) is 5.73 Å². The van der Waals surface area contributed by atoms with E-state index in [-0.39, 0.29) is 11.9 Å². The Morgan fingerprint density at radius 1 is 1.32 bits per heavy atom. The number of hydrogen-bond donors (Lipinski definition) is 2. The molecule has 19 heavy (non-hydrogen) atoms. The van der Waals surface area contributed by atoms with Crippen molar-refractivity contribution in [2.45, 2.75) is 38.6 Å². The number of nitrogens with one attached hydrogen (secondary N) is 1. The predicted octanol–water partition coefficient (Wildman–Crippen LogP) is 3.54. The molecule has 1 unspecified atom stereocenters. The molecule has 1 aromatic carbocycles. The van der Waals surface area contributed by atoms with Crippen LogP contribution in [0.15, 0.2) is 28.7 Å². The minimum absolute atomic E-state index is 0.254. The van der Waals surface area contributed by atoms with E-state index in [0.717, 1.165) is 28.9 Å². The smallest absolute Gasteiger partial charge is 0.240 e. The van der Waals surface area contributed by atoms with Gasteiger partial charge in [-0.3, -0.25) is 4.79 Å². The van der Waals surface area contributed by atoms with Crippen molar-refractivity contribution in [3.8, 4) is 0 Å². The lowest BCUT2D eigenvalue weighted by Gasteiger charge is -2.32. The highest BCUT2D eigenvalue weighted by Gasteiger charge is 2.29. The number of carbonyl (C=O) groups excluding carboxylic acids is 1. The van der Waals surface area contributed by atoms with E-state index in [1.807, 2.05) is 24.3 Å². The van der Waals surface area contributed by atoms with Gasteiger partial charge in [-0.2, -0.15) is 0 Å². The summed E-state index contributed by atoms with van der Waals surface area (Å²) in [6.07, 6.45) is 4.52. The van der Waals surface area contributed by atoms with Crippen molar-refractivity contribution in [3.63, 3.8) is 0 Å². The highest BCUT2D eigenvalue weighted by atomic mass is 79.9. The van der Waals surface area contributed by atoms with E-state index in [2.05, 4.69) is 28.2 Å². The number of hydrogen-bond acceptors (Lipinski definition) is 2. The molecule has 1 saturated carbocycles. The molecule has 0 aliphatic heterocycles. The number of para-hydroxylation sites is 1. The molecule has 3 N–H and O–H groups in total. The predicted molar refractivity (Wildman–Crippen MR) is 81.9 cm³/mol. The third-order valence-corrected chi connectivity index (χ3v) is 4.71. The van der Waals surface area contributed by atoms with Crippen molar-refractivity contribution in [1.29, 1.82) is 0 Å². The van der Waals surface area contributed by atoms with Gasteiger partial charge in [0.15, 0.2) is 0 Å². The van der Waals surface area contributed by atoms with Crippen LogP contribution in [0.25, 0.3) is 0 Å². The van der Waals surface area contributed by atoms with Crippen molar-refractivity contribution in [2.24, 2.45) is 17.6 Å². The van der Waals surface area contributed by atoms with Gasteiger partial charge in [0.2, 0.25) is 5.91 Å². The maximum absolute atomic E-state index is 11.7. The maximum Gasteiger partial charge on any atom is 0.240 e. The van der Waals surface area contributed by atoms with E-state index in [1.54, 1.807) is 0 Å². The van der Waals surface area contributed by atoms with Crippen LogP contribution in [0.3, 0.4) is 0 Å². The first kappa shape index (κ1) is 14.4. The second kappa shape index (κ2) is 6.42. The van der Waals surface area contributed by atoms with Gasteiger partial charge in [-0.15, -0.1) is 0 Å². The number of benzene rings is 1. The minimum atomic E-state index is -0.272. The topological polar surface area (TPSA) is 55.1 Å². The molecule has 1 amide bonds. The van der Waals surface area contributed by atoms with Crippen LogP contribution in [-0.4, -0.2) is 11.9 Å². The zero-order chi connectivity index (χ0) is 13.8. The van der Waals surface area contributed by atoms with Gasteiger partial charge in [0.25, 0.3) is 0 Å². The van der Waals surface area contributed by atoms with Crippen molar-refractivity contribution in [3.05, 3.63) is 28.7 Å². The molecule has 2 rings (SSSR count). The molecule has 3 nitrogen and oxygen atoms in total. The summed E-state index contributed by atoms with van der Waals surface area (Å²) >= 11 is 3.49. The summed E-state index contributed by atoms with van der Waals surface area (Å²) in [6, 6.07) is 7.56. The van der Waals surface area contributed by atoms with Gasteiger partial charge < -0.3 is 11.1 Å². The molecular weight excluding hydrogens is 304 g/mol. The number of primary amides is 1. The Hall–Kier alpha value is -1.03. The van der Waals surface area contributed by atoms with Crippen LogP contribution in [0.2, 0.25) is 0 Å². The quantitative estimate of drug-likeness (QED) is 0.889. The average molecular weight is 325 g/mol. The molecule has 1 aliphatic rings. The van der Waals surface area contributed by atoms with Gasteiger partial charge in [0, 0.05) is 10.2 Å². The Balaban J connectivity index is 2.09. The van der Waals surface area contributed by atoms with E-state index in [0.29, 0.717) is 5.92 Å². The highest BCUT2D eigenvalue weighted by Crippen LogP contribution is 2.32. The molecule has 0 spiro atoms. The summed E-state index contributed by atoms with van der Waals surface area (Å²) in [4.78, 5) is 11.7. The van der Waals surface area contributed by atoms with Gasteiger partial charge >= 0.3 is 0 Å². The van der Waals surface area contributed by atoms with Crippen molar-refractivity contribution in [1.82, 2.24) is 0 Å². The standard InChI is InChI=1S/C15H21BrN2O/c1-10-6-8-11(9-7-10)14(15(17)19)18-13-5-3-2-4-12(13)16/h2-5,10-11,14,18H,6-9H2,1H3,(H2,17,19). The lowest BCUT2D eigenvalue weighted by molar-refractivity contribution is -0.120. The number of halogens is 1. The average Bonchev–Trinajstić information content (AvgIpc) is 2.39. The number of carbonyl (C=O) groups is 1. The maximum atomic E-state index is 11.7. The van der Waals surface area contributed by atoms with Gasteiger partial charge in [0.05, 0.1) is 0 Å². The molecule has 1 aromatic rings. The summed E-state index contributed by atoms with van der Waals surface area (Å²) in [6.45, 7) is 2.27. The fraction of sp³-hybridized carbons (Fsp3) is 0.533. The van der Waals surface area contributed by atoms with Crippen molar-refractivity contribution < 1.29 is 4.79 Å². The van der Waals surface area contributed by atoms with E-state index in [9.17, 15) is 4.79 Å². The number of nitrogens with two attached hydrogens (primary N) is 1. The van der Waals surface area contributed by atoms with Crippen LogP contribution < -0.4 is 11.1 Å². The lowest BCUT2D eigenvalue weighted by Crippen LogP contribution is -2.42. The Morgan fingerprint density at radius 2 is 1.95 bits per heavy atom. The molecule has 1 aliphatic carbocycles. The summed E-state index contributed by atoms with van der Waals surface area (Å²) < 4.78 is 0.963. The van der Waals surface area contributed by atoms with E-state index < -0.39 is 0 Å². The van der Waals surface area contributed by atoms with Gasteiger partial charge in [-0.25, -0.2) is 0 Å². The molecule has 0 heterocycles. The van der Waals surface area contributed by atoms with Crippen LogP contribution in [-0.2, 0) is 4.79 Å². The summed E-state index contributed by atoms with van der Waals surface area (Å²) in [5, 5.41) is 3.31. The molecule has 0 saturated heterocycles. The Kier molecular flexibility index (Phi) is 4.86. The fourth-order valence-corrected chi connectivity index (χ4v) is 3.19. The third kappa shape index (κ3) is 3.72. The Bertz CT molecular complexity index is 442. The second-order valence-corrected chi connectivity index (χ2v) is 6.38. The van der Waals surface area contributed by atoms with Crippen LogP contribution in [0.1, 0.15) is 32.6 Å². The third-order valence-electron chi connectivity index (χ3n) is 4.02. The van der Waals surface area contributed by atoms with Crippen molar-refractivity contribution in [2.75, 3.05) is 5.32 Å². The second-order valence-electron chi connectivity index (χ2n) is 5.52. The molecular formula is C15H21BrN2O. The SMILES string of the molecule is CC1CCC(C(Nc2ccccc2Br)C(N)=O)CC1. The lowest BCUT2D eigenvalue weighted by atomic mass is 9.79. The van der Waals surface area contributed by atoms with Gasteiger partial charge in [-0.1, -0.05) is 31.9 Å². The first-order valence-corrected chi connectivity index (χ1v) is 7.67. The van der Waals surface area contributed by atoms with Crippen LogP contribution >= 0.6 is 15.9 Å². The Morgan fingerprint density at radius 3 is 2.53 bits per heavy atom. The number of anilines is 1. The number of rotatable bonds is 4. The van der Waals surface area contributed by atoms with Crippen LogP contribution in [0.5, 0.6) is 0 Å². The van der Waals surface area contributed by atoms with Gasteiger partial charge in [0.1, 0.15) is 6.04 Å². The number of amides is 1. The van der Waals surface area contributed by atoms with E-state index in [1.165, 1.54) is 12.8 Å². The molecule has 0 bridgehead atoms.